The number of imidazole rings is 1. The molecule has 4 aromatic rings. The summed E-state index contributed by atoms with van der Waals surface area (Å²) in [5.74, 6) is -0.558. The number of hydrogen-bond donors (Lipinski definition) is 5. The van der Waals surface area contributed by atoms with Crippen LogP contribution in [0.3, 0.4) is 0 Å². The van der Waals surface area contributed by atoms with Crippen molar-refractivity contribution in [3.8, 4) is 11.3 Å². The van der Waals surface area contributed by atoms with Crippen LogP contribution in [0.1, 0.15) is 58.5 Å². The number of nitrogens with zero attached hydrogens (tertiary/aromatic N) is 3. The van der Waals surface area contributed by atoms with Crippen LogP contribution in [0.5, 0.6) is 0 Å². The summed E-state index contributed by atoms with van der Waals surface area (Å²) in [5.41, 5.74) is 18.8. The van der Waals surface area contributed by atoms with Crippen molar-refractivity contribution >= 4 is 17.5 Å². The molecule has 0 fully saturated rings. The summed E-state index contributed by atoms with van der Waals surface area (Å²) < 4.78 is 26.3. The molecule has 0 aliphatic heterocycles. The first-order chi connectivity index (χ1) is 24.0. The summed E-state index contributed by atoms with van der Waals surface area (Å²) in [4.78, 5) is 31.9. The number of aliphatic hydroxyl groups excluding tert-OH is 1. The molecule has 0 saturated carbocycles. The monoisotopic (exact) mass is 697 g/mol. The highest BCUT2D eigenvalue weighted by Gasteiger charge is 2.38. The Kier molecular flexibility index (Phi) is 23.0. The number of halogens is 2. The SMILES string of the molecule is CC.CC(C)(C)C(c1nc(-c2cc(N)ccc2F)cn1Cc1ccccc1)N(CCCN)C(=O)CNC(=O)CN.CF.CO.c1ccccc1. The molecule has 0 spiro atoms. The van der Waals surface area contributed by atoms with Crippen molar-refractivity contribution in [2.75, 3.05) is 46.2 Å². The number of nitrogens with two attached hydrogens (primary N) is 3. The van der Waals surface area contributed by atoms with Gasteiger partial charge in [0.2, 0.25) is 11.8 Å². The van der Waals surface area contributed by atoms with Crippen molar-refractivity contribution in [3.05, 3.63) is 108 Å². The lowest BCUT2D eigenvalue weighted by Crippen LogP contribution is -2.48. The molecule has 10 nitrogen and oxygen atoms in total. The lowest BCUT2D eigenvalue weighted by atomic mass is 9.84. The molecule has 50 heavy (non-hydrogen) atoms. The maximum Gasteiger partial charge on any atom is 0.242 e. The fourth-order valence-corrected chi connectivity index (χ4v) is 4.81. The molecule has 1 aromatic heterocycles. The third kappa shape index (κ3) is 15.3. The van der Waals surface area contributed by atoms with Gasteiger partial charge in [0.15, 0.2) is 0 Å². The molecule has 276 valence electrons. The minimum Gasteiger partial charge on any atom is -0.400 e. The van der Waals surface area contributed by atoms with E-state index in [0.717, 1.165) is 12.7 Å². The van der Waals surface area contributed by atoms with Gasteiger partial charge in [0.05, 0.1) is 32.0 Å². The topological polar surface area (TPSA) is 166 Å². The van der Waals surface area contributed by atoms with Gasteiger partial charge in [-0.15, -0.1) is 0 Å². The molecule has 3 aromatic carbocycles. The third-order valence-electron chi connectivity index (χ3n) is 6.86. The van der Waals surface area contributed by atoms with Gasteiger partial charge in [0.25, 0.3) is 0 Å². The quantitative estimate of drug-likeness (QED) is 0.128. The van der Waals surface area contributed by atoms with Gasteiger partial charge in [0.1, 0.15) is 11.6 Å². The number of anilines is 1. The van der Waals surface area contributed by atoms with Gasteiger partial charge in [0, 0.05) is 37.6 Å². The Morgan fingerprint density at radius 2 is 1.48 bits per heavy atom. The van der Waals surface area contributed by atoms with Crippen LogP contribution in [-0.4, -0.2) is 71.8 Å². The molecule has 0 aliphatic rings. The Bertz CT molecular complexity index is 1450. The van der Waals surface area contributed by atoms with E-state index < -0.39 is 23.2 Å². The summed E-state index contributed by atoms with van der Waals surface area (Å²) in [6, 6.07) is 25.7. The molecule has 0 aliphatic carbocycles. The van der Waals surface area contributed by atoms with E-state index in [2.05, 4.69) is 5.32 Å². The maximum atomic E-state index is 14.9. The number of nitrogen functional groups attached to an aromatic ring is 1. The number of rotatable bonds is 11. The average molecular weight is 698 g/mol. The largest absolute Gasteiger partial charge is 0.400 e. The van der Waals surface area contributed by atoms with Gasteiger partial charge in [-0.2, -0.15) is 0 Å². The number of amides is 2. The van der Waals surface area contributed by atoms with Gasteiger partial charge >= 0.3 is 0 Å². The van der Waals surface area contributed by atoms with Crippen molar-refractivity contribution in [2.24, 2.45) is 16.9 Å². The molecular formula is C38H57F2N7O3. The van der Waals surface area contributed by atoms with E-state index >= 15 is 0 Å². The predicted octanol–water partition coefficient (Wildman–Crippen LogP) is 5.57. The predicted molar refractivity (Wildman–Crippen MR) is 200 cm³/mol. The Morgan fingerprint density at radius 1 is 0.940 bits per heavy atom. The lowest BCUT2D eigenvalue weighted by molar-refractivity contribution is -0.137. The second-order valence-electron chi connectivity index (χ2n) is 11.5. The van der Waals surface area contributed by atoms with Crippen molar-refractivity contribution in [3.63, 3.8) is 0 Å². The summed E-state index contributed by atoms with van der Waals surface area (Å²) in [6.07, 6.45) is 2.35. The van der Waals surface area contributed by atoms with Crippen LogP contribution in [0.2, 0.25) is 0 Å². The van der Waals surface area contributed by atoms with E-state index in [9.17, 15) is 18.4 Å². The van der Waals surface area contributed by atoms with Gasteiger partial charge in [-0.3, -0.25) is 14.0 Å². The summed E-state index contributed by atoms with van der Waals surface area (Å²) in [5, 5.41) is 9.57. The molecule has 8 N–H and O–H groups in total. The molecule has 0 radical (unpaired) electrons. The Morgan fingerprint density at radius 3 is 1.98 bits per heavy atom. The molecule has 0 bridgehead atoms. The smallest absolute Gasteiger partial charge is 0.242 e. The number of aromatic nitrogens is 2. The number of hydrogen-bond acceptors (Lipinski definition) is 7. The van der Waals surface area contributed by atoms with E-state index in [1.807, 2.05) is 106 Å². The number of carbonyl (C=O) groups excluding carboxylic acids is 2. The zero-order chi connectivity index (χ0) is 38.1. The number of nitrogens with one attached hydrogen (secondary N) is 1. The highest BCUT2D eigenvalue weighted by Crippen LogP contribution is 2.39. The van der Waals surface area contributed by atoms with Crippen molar-refractivity contribution in [2.45, 2.75) is 53.6 Å². The lowest BCUT2D eigenvalue weighted by Gasteiger charge is -2.40. The molecule has 2 amide bonds. The van der Waals surface area contributed by atoms with Crippen LogP contribution in [0, 0.1) is 11.2 Å². The van der Waals surface area contributed by atoms with E-state index in [0.29, 0.717) is 50.4 Å². The fourth-order valence-electron chi connectivity index (χ4n) is 4.81. The van der Waals surface area contributed by atoms with Crippen LogP contribution in [-0.2, 0) is 16.1 Å². The first kappa shape index (κ1) is 45.3. The highest BCUT2D eigenvalue weighted by molar-refractivity contribution is 5.85. The Labute approximate surface area is 296 Å². The number of carbonyl (C=O) groups is 2. The average Bonchev–Trinajstić information content (AvgIpc) is 3.55. The molecular weight excluding hydrogens is 640 g/mol. The molecule has 4 rings (SSSR count). The van der Waals surface area contributed by atoms with E-state index in [4.69, 9.17) is 27.3 Å². The molecule has 1 atom stereocenters. The standard InChI is InChI=1S/C28H38FN7O2.C6H6.C2H6.CH3F.CH4O/c1-28(2,3)26(36(13-7-12-30)25(38)16-33-24(37)15-31)27-34-23(21-14-20(32)10-11-22(21)29)18-35(27)17-19-8-5-4-6-9-19;1-2-4-6-5-3-1;3*1-2/h4-6,8-11,14,18,26H,7,12-13,15-17,30-32H2,1-3H3,(H,33,37);1-6H;1-2H3;1H3;2H,1H3. The van der Waals surface area contributed by atoms with Gasteiger partial charge in [-0.05, 0) is 42.1 Å². The van der Waals surface area contributed by atoms with E-state index in [1.165, 1.54) is 12.1 Å². The minimum absolute atomic E-state index is 0.205. The normalized spacial score (nSPS) is 10.6. The van der Waals surface area contributed by atoms with Gasteiger partial charge < -0.3 is 37.1 Å². The van der Waals surface area contributed by atoms with Crippen LogP contribution in [0.4, 0.5) is 14.5 Å². The van der Waals surface area contributed by atoms with Gasteiger partial charge in [-0.1, -0.05) is 101 Å². The zero-order valence-corrected chi connectivity index (χ0v) is 30.6. The Hall–Kier alpha value is -4.65. The van der Waals surface area contributed by atoms with Gasteiger partial charge in [-0.25, -0.2) is 9.37 Å². The zero-order valence-electron chi connectivity index (χ0n) is 30.6. The first-order valence-electron chi connectivity index (χ1n) is 16.5. The van der Waals surface area contributed by atoms with Crippen LogP contribution in [0.25, 0.3) is 11.3 Å². The minimum atomic E-state index is -0.516. The van der Waals surface area contributed by atoms with Crippen molar-refractivity contribution in [1.29, 1.82) is 0 Å². The van der Waals surface area contributed by atoms with Crippen LogP contribution < -0.4 is 22.5 Å². The van der Waals surface area contributed by atoms with Crippen LogP contribution in [0.15, 0.2) is 91.1 Å². The second kappa shape index (κ2) is 25.3. The maximum absolute atomic E-state index is 14.9. The molecule has 1 unspecified atom stereocenters. The third-order valence-corrected chi connectivity index (χ3v) is 6.86. The van der Waals surface area contributed by atoms with E-state index in [1.54, 1.807) is 17.2 Å². The first-order valence-corrected chi connectivity index (χ1v) is 16.5. The molecule has 12 heteroatoms. The highest BCUT2D eigenvalue weighted by atomic mass is 19.1. The van der Waals surface area contributed by atoms with Crippen molar-refractivity contribution < 1.29 is 23.5 Å². The number of benzene rings is 3. The molecule has 0 saturated heterocycles. The van der Waals surface area contributed by atoms with Crippen molar-refractivity contribution in [1.82, 2.24) is 19.8 Å². The summed E-state index contributed by atoms with van der Waals surface area (Å²) >= 11 is 0. The summed E-state index contributed by atoms with van der Waals surface area (Å²) in [6.45, 7) is 10.8. The second-order valence-corrected chi connectivity index (χ2v) is 11.5. The van der Waals surface area contributed by atoms with Crippen LogP contribution >= 0.6 is 0 Å². The van der Waals surface area contributed by atoms with E-state index in [-0.39, 0.29) is 24.6 Å². The number of alkyl halides is 1. The molecule has 1 heterocycles. The fraction of sp³-hybridized carbons (Fsp3) is 0.395. The number of aliphatic hydroxyl groups is 1. The summed E-state index contributed by atoms with van der Waals surface area (Å²) in [7, 11) is 1.50. The Balaban J connectivity index is 0.00000173.